The van der Waals surface area contributed by atoms with E-state index in [1.807, 2.05) is 13.8 Å². The molecule has 0 amide bonds. The molecule has 0 aliphatic heterocycles. The highest BCUT2D eigenvalue weighted by atomic mass is 14.8. The molecule has 0 heterocycles. The fourth-order valence-corrected chi connectivity index (χ4v) is 0.173. The van der Waals surface area contributed by atoms with E-state index in [0.29, 0.717) is 0 Å². The van der Waals surface area contributed by atoms with Crippen LogP contribution in [0.25, 0.3) is 0 Å². The SMILES string of the molecule is C/N=C/N=C(C)C. The molecule has 0 unspecified atom stereocenters. The van der Waals surface area contributed by atoms with Gasteiger partial charge in [-0.2, -0.15) is 0 Å². The largest absolute Gasteiger partial charge is 0.277 e. The molecular formula is C5H10N2. The molecular weight excluding hydrogens is 88.1 g/mol. The number of aliphatic imine (C=N–C) groups is 2. The fraction of sp³-hybridized carbons (Fsp3) is 0.600. The molecule has 40 valence electrons. The molecule has 0 atom stereocenters. The Hall–Kier alpha value is -0.660. The van der Waals surface area contributed by atoms with Gasteiger partial charge in [-0.25, -0.2) is 4.99 Å². The Bertz CT molecular complexity index is 88.3. The van der Waals surface area contributed by atoms with Crippen LogP contribution in [-0.2, 0) is 0 Å². The second-order valence-electron chi connectivity index (χ2n) is 1.45. The van der Waals surface area contributed by atoms with Crippen LogP contribution >= 0.6 is 0 Å². The van der Waals surface area contributed by atoms with Gasteiger partial charge in [-0.05, 0) is 13.8 Å². The van der Waals surface area contributed by atoms with Crippen molar-refractivity contribution in [3.63, 3.8) is 0 Å². The predicted octanol–water partition coefficient (Wildman–Crippen LogP) is 1.13. The molecule has 0 aliphatic rings. The lowest BCUT2D eigenvalue weighted by molar-refractivity contribution is 1.44. The maximum Gasteiger partial charge on any atom is 0.109 e. The van der Waals surface area contributed by atoms with E-state index in [9.17, 15) is 0 Å². The summed E-state index contributed by atoms with van der Waals surface area (Å²) in [6, 6.07) is 0. The van der Waals surface area contributed by atoms with Gasteiger partial charge in [-0.3, -0.25) is 4.99 Å². The molecule has 0 saturated carbocycles. The maximum atomic E-state index is 3.87. The van der Waals surface area contributed by atoms with Crippen LogP contribution in [0, 0.1) is 0 Å². The van der Waals surface area contributed by atoms with Gasteiger partial charge in [0.15, 0.2) is 0 Å². The minimum Gasteiger partial charge on any atom is -0.277 e. The molecule has 0 N–H and O–H groups in total. The second-order valence-corrected chi connectivity index (χ2v) is 1.45. The molecule has 0 rings (SSSR count). The zero-order chi connectivity index (χ0) is 5.70. The highest BCUT2D eigenvalue weighted by molar-refractivity contribution is 5.86. The lowest BCUT2D eigenvalue weighted by atomic mass is 10.5. The Morgan fingerprint density at radius 3 is 2.14 bits per heavy atom. The zero-order valence-corrected chi connectivity index (χ0v) is 4.97. The first-order valence-electron chi connectivity index (χ1n) is 2.19. The fourth-order valence-electron chi connectivity index (χ4n) is 0.173. The van der Waals surface area contributed by atoms with Crippen molar-refractivity contribution in [2.24, 2.45) is 9.98 Å². The molecule has 0 aromatic carbocycles. The average molecular weight is 98.1 g/mol. The molecule has 0 spiro atoms. The van der Waals surface area contributed by atoms with E-state index in [4.69, 9.17) is 0 Å². The Morgan fingerprint density at radius 1 is 1.43 bits per heavy atom. The summed E-state index contributed by atoms with van der Waals surface area (Å²) >= 11 is 0. The average Bonchev–Trinajstić information content (AvgIpc) is 1.61. The van der Waals surface area contributed by atoms with Crippen LogP contribution in [0.5, 0.6) is 0 Å². The Morgan fingerprint density at radius 2 is 2.00 bits per heavy atom. The molecule has 0 bridgehead atoms. The zero-order valence-electron chi connectivity index (χ0n) is 4.97. The molecule has 0 aromatic rings. The Labute approximate surface area is 44.0 Å². The van der Waals surface area contributed by atoms with Gasteiger partial charge in [0.1, 0.15) is 6.34 Å². The summed E-state index contributed by atoms with van der Waals surface area (Å²) < 4.78 is 0. The number of nitrogens with zero attached hydrogens (tertiary/aromatic N) is 2. The summed E-state index contributed by atoms with van der Waals surface area (Å²) in [5, 5.41) is 0. The minimum atomic E-state index is 1.03. The highest BCUT2D eigenvalue weighted by Crippen LogP contribution is 1.67. The van der Waals surface area contributed by atoms with Crippen molar-refractivity contribution in [3.05, 3.63) is 0 Å². The molecule has 0 aliphatic carbocycles. The van der Waals surface area contributed by atoms with Gasteiger partial charge in [0.05, 0.1) is 0 Å². The van der Waals surface area contributed by atoms with E-state index in [1.165, 1.54) is 6.34 Å². The number of rotatable bonds is 1. The molecule has 2 heteroatoms. The normalized spacial score (nSPS) is 9.57. The third-order valence-electron chi connectivity index (χ3n) is 0.431. The Balaban J connectivity index is 3.46. The number of hydrogen-bond donors (Lipinski definition) is 0. The second kappa shape index (κ2) is 3.53. The van der Waals surface area contributed by atoms with Gasteiger partial charge in [0.25, 0.3) is 0 Å². The first-order valence-corrected chi connectivity index (χ1v) is 2.19. The molecule has 0 radical (unpaired) electrons. The maximum absolute atomic E-state index is 3.87. The van der Waals surface area contributed by atoms with E-state index in [2.05, 4.69) is 9.98 Å². The van der Waals surface area contributed by atoms with E-state index in [0.717, 1.165) is 5.71 Å². The van der Waals surface area contributed by atoms with Crippen molar-refractivity contribution in [2.45, 2.75) is 13.8 Å². The summed E-state index contributed by atoms with van der Waals surface area (Å²) in [7, 11) is 1.70. The predicted molar refractivity (Wildman–Crippen MR) is 33.2 cm³/mol. The highest BCUT2D eigenvalue weighted by Gasteiger charge is 1.67. The van der Waals surface area contributed by atoms with Crippen molar-refractivity contribution in [1.29, 1.82) is 0 Å². The summed E-state index contributed by atoms with van der Waals surface area (Å²) in [5.74, 6) is 0. The Kier molecular flexibility index (Phi) is 3.19. The topological polar surface area (TPSA) is 24.7 Å². The lowest BCUT2D eigenvalue weighted by Crippen LogP contribution is -1.78. The summed E-state index contributed by atoms with van der Waals surface area (Å²) in [6.45, 7) is 3.86. The van der Waals surface area contributed by atoms with Crippen LogP contribution in [-0.4, -0.2) is 19.1 Å². The standard InChI is InChI=1S/C5H10N2/c1-5(2)7-4-6-3/h4H,1-3H3/b6-4+. The van der Waals surface area contributed by atoms with Crippen LogP contribution in [0.3, 0.4) is 0 Å². The van der Waals surface area contributed by atoms with Gasteiger partial charge in [0.2, 0.25) is 0 Å². The van der Waals surface area contributed by atoms with Crippen molar-refractivity contribution in [1.82, 2.24) is 0 Å². The van der Waals surface area contributed by atoms with Gasteiger partial charge < -0.3 is 0 Å². The first kappa shape index (κ1) is 6.34. The van der Waals surface area contributed by atoms with Crippen LogP contribution in [0.2, 0.25) is 0 Å². The summed E-state index contributed by atoms with van der Waals surface area (Å²) in [4.78, 5) is 7.53. The molecule has 0 fully saturated rings. The third-order valence-corrected chi connectivity index (χ3v) is 0.431. The van der Waals surface area contributed by atoms with Crippen molar-refractivity contribution in [2.75, 3.05) is 7.05 Å². The van der Waals surface area contributed by atoms with E-state index >= 15 is 0 Å². The molecule has 0 saturated heterocycles. The van der Waals surface area contributed by atoms with Crippen LogP contribution in [0.4, 0.5) is 0 Å². The summed E-state index contributed by atoms with van der Waals surface area (Å²) in [6.07, 6.45) is 1.54. The van der Waals surface area contributed by atoms with Crippen LogP contribution in [0.15, 0.2) is 9.98 Å². The van der Waals surface area contributed by atoms with Crippen molar-refractivity contribution < 1.29 is 0 Å². The minimum absolute atomic E-state index is 1.03. The molecule has 0 aromatic heterocycles. The number of hydrogen-bond acceptors (Lipinski definition) is 1. The molecule has 7 heavy (non-hydrogen) atoms. The van der Waals surface area contributed by atoms with Gasteiger partial charge >= 0.3 is 0 Å². The smallest absolute Gasteiger partial charge is 0.109 e. The monoisotopic (exact) mass is 98.1 g/mol. The first-order chi connectivity index (χ1) is 3.27. The van der Waals surface area contributed by atoms with E-state index < -0.39 is 0 Å². The van der Waals surface area contributed by atoms with Crippen molar-refractivity contribution in [3.8, 4) is 0 Å². The summed E-state index contributed by atoms with van der Waals surface area (Å²) in [5.41, 5.74) is 1.03. The van der Waals surface area contributed by atoms with E-state index in [-0.39, 0.29) is 0 Å². The van der Waals surface area contributed by atoms with E-state index in [1.54, 1.807) is 7.05 Å². The lowest BCUT2D eigenvalue weighted by Gasteiger charge is -1.77. The van der Waals surface area contributed by atoms with Crippen LogP contribution < -0.4 is 0 Å². The van der Waals surface area contributed by atoms with Gasteiger partial charge in [0, 0.05) is 12.8 Å². The quantitative estimate of drug-likeness (QED) is 0.347. The van der Waals surface area contributed by atoms with Crippen molar-refractivity contribution >= 4 is 12.1 Å². The van der Waals surface area contributed by atoms with Gasteiger partial charge in [-0.15, -0.1) is 0 Å². The third kappa shape index (κ3) is 5.34. The van der Waals surface area contributed by atoms with Gasteiger partial charge in [-0.1, -0.05) is 0 Å². The molecule has 2 nitrogen and oxygen atoms in total. The van der Waals surface area contributed by atoms with Crippen LogP contribution in [0.1, 0.15) is 13.8 Å².